The summed E-state index contributed by atoms with van der Waals surface area (Å²) in [7, 11) is 1.63. The van der Waals surface area contributed by atoms with Crippen molar-refractivity contribution in [2.45, 2.75) is 13.0 Å². The normalized spacial score (nSPS) is 17.1. The summed E-state index contributed by atoms with van der Waals surface area (Å²) in [5, 5.41) is 0. The number of ether oxygens (including phenoxy) is 1. The number of carbonyl (C=O) groups excluding carboxylic acids is 2. The average Bonchev–Trinajstić information content (AvgIpc) is 2.46. The van der Waals surface area contributed by atoms with Crippen molar-refractivity contribution in [3.63, 3.8) is 0 Å². The Morgan fingerprint density at radius 2 is 1.86 bits per heavy atom. The van der Waals surface area contributed by atoms with Crippen LogP contribution in [-0.4, -0.2) is 54.9 Å². The summed E-state index contributed by atoms with van der Waals surface area (Å²) in [6.07, 6.45) is 0. The van der Waals surface area contributed by atoms with Gasteiger partial charge in [-0.15, -0.1) is 0 Å². The van der Waals surface area contributed by atoms with Crippen molar-refractivity contribution in [2.24, 2.45) is 5.73 Å². The van der Waals surface area contributed by atoms with E-state index in [1.807, 2.05) is 31.2 Å². The number of benzene rings is 1. The third kappa shape index (κ3) is 3.72. The van der Waals surface area contributed by atoms with Crippen molar-refractivity contribution < 1.29 is 14.3 Å². The zero-order chi connectivity index (χ0) is 15.4. The van der Waals surface area contributed by atoms with E-state index in [-0.39, 0.29) is 30.9 Å². The second-order valence-corrected chi connectivity index (χ2v) is 5.13. The summed E-state index contributed by atoms with van der Waals surface area (Å²) in [6.45, 7) is 3.10. The molecule has 0 aromatic heterocycles. The Kier molecular flexibility index (Phi) is 4.80. The maximum Gasteiger partial charge on any atom is 0.242 e. The van der Waals surface area contributed by atoms with Crippen molar-refractivity contribution in [2.75, 3.05) is 33.3 Å². The maximum atomic E-state index is 11.9. The summed E-state index contributed by atoms with van der Waals surface area (Å²) in [5.74, 6) is 0.659. The summed E-state index contributed by atoms with van der Waals surface area (Å²) < 4.78 is 5.38. The largest absolute Gasteiger partial charge is 0.494 e. The summed E-state index contributed by atoms with van der Waals surface area (Å²) in [5.41, 5.74) is 7.05. The van der Waals surface area contributed by atoms with Gasteiger partial charge in [-0.1, -0.05) is 12.1 Å². The number of nitrogens with zero attached hydrogens (tertiary/aromatic N) is 2. The minimum absolute atomic E-state index is 0.0616. The number of hydrogen-bond donors (Lipinski definition) is 1. The third-order valence-corrected chi connectivity index (χ3v) is 3.51. The molecule has 1 heterocycles. The first-order chi connectivity index (χ1) is 10.0. The van der Waals surface area contributed by atoms with E-state index in [1.54, 1.807) is 7.05 Å². The molecule has 1 fully saturated rings. The highest BCUT2D eigenvalue weighted by molar-refractivity contribution is 5.92. The maximum absolute atomic E-state index is 11.9. The monoisotopic (exact) mass is 291 g/mol. The Morgan fingerprint density at radius 1 is 1.19 bits per heavy atom. The molecule has 1 aromatic rings. The van der Waals surface area contributed by atoms with Gasteiger partial charge in [0.1, 0.15) is 5.75 Å². The number of piperazine rings is 1. The molecule has 1 aliphatic rings. The summed E-state index contributed by atoms with van der Waals surface area (Å²) in [6, 6.07) is 7.17. The van der Waals surface area contributed by atoms with Crippen molar-refractivity contribution in [1.29, 1.82) is 0 Å². The highest BCUT2D eigenvalue weighted by atomic mass is 16.5. The van der Waals surface area contributed by atoms with Gasteiger partial charge in [0.05, 0.1) is 19.7 Å². The van der Waals surface area contributed by atoms with Crippen LogP contribution in [0.1, 0.15) is 18.5 Å². The first-order valence-electron chi connectivity index (χ1n) is 7.01. The van der Waals surface area contributed by atoms with Crippen molar-refractivity contribution in [3.8, 4) is 5.75 Å². The number of carbonyl (C=O) groups is 2. The molecule has 1 aliphatic heterocycles. The molecular formula is C15H21N3O3. The molecule has 21 heavy (non-hydrogen) atoms. The van der Waals surface area contributed by atoms with Crippen LogP contribution < -0.4 is 10.5 Å². The smallest absolute Gasteiger partial charge is 0.242 e. The van der Waals surface area contributed by atoms with Crippen LogP contribution in [-0.2, 0) is 9.59 Å². The fourth-order valence-corrected chi connectivity index (χ4v) is 2.25. The molecule has 1 saturated heterocycles. The van der Waals surface area contributed by atoms with Gasteiger partial charge in [0.25, 0.3) is 0 Å². The van der Waals surface area contributed by atoms with Crippen molar-refractivity contribution in [3.05, 3.63) is 29.8 Å². The van der Waals surface area contributed by atoms with Gasteiger partial charge < -0.3 is 20.3 Å². The van der Waals surface area contributed by atoms with E-state index in [9.17, 15) is 9.59 Å². The topological polar surface area (TPSA) is 75.9 Å². The second kappa shape index (κ2) is 6.58. The van der Waals surface area contributed by atoms with Crippen LogP contribution in [0, 0.1) is 0 Å². The van der Waals surface area contributed by atoms with Gasteiger partial charge in [-0.25, -0.2) is 0 Å². The Morgan fingerprint density at radius 3 is 2.48 bits per heavy atom. The molecular weight excluding hydrogens is 270 g/mol. The molecule has 2 amide bonds. The molecule has 0 spiro atoms. The van der Waals surface area contributed by atoms with Gasteiger partial charge in [0.15, 0.2) is 0 Å². The van der Waals surface area contributed by atoms with E-state index < -0.39 is 0 Å². The van der Waals surface area contributed by atoms with Crippen LogP contribution in [0.4, 0.5) is 0 Å². The highest BCUT2D eigenvalue weighted by Crippen LogP contribution is 2.18. The molecule has 2 rings (SSSR count). The lowest BCUT2D eigenvalue weighted by atomic mass is 10.1. The SMILES string of the molecule is CCOc1ccc(C(N)CN2CC(=O)N(C)CC2=O)cc1. The van der Waals surface area contributed by atoms with Crippen LogP contribution in [0.2, 0.25) is 0 Å². The van der Waals surface area contributed by atoms with Crippen LogP contribution >= 0.6 is 0 Å². The molecule has 0 bridgehead atoms. The van der Waals surface area contributed by atoms with E-state index in [0.29, 0.717) is 13.2 Å². The molecule has 114 valence electrons. The minimum atomic E-state index is -0.319. The predicted molar refractivity (Wildman–Crippen MR) is 78.8 cm³/mol. The lowest BCUT2D eigenvalue weighted by Crippen LogP contribution is -2.53. The van der Waals surface area contributed by atoms with Gasteiger partial charge >= 0.3 is 0 Å². The Labute approximate surface area is 124 Å². The number of amides is 2. The zero-order valence-corrected chi connectivity index (χ0v) is 12.4. The van der Waals surface area contributed by atoms with Crippen LogP contribution in [0.5, 0.6) is 5.75 Å². The highest BCUT2D eigenvalue weighted by Gasteiger charge is 2.28. The van der Waals surface area contributed by atoms with Gasteiger partial charge in [0.2, 0.25) is 11.8 Å². The van der Waals surface area contributed by atoms with E-state index in [0.717, 1.165) is 11.3 Å². The van der Waals surface area contributed by atoms with Gasteiger partial charge in [-0.2, -0.15) is 0 Å². The first kappa shape index (κ1) is 15.3. The molecule has 1 atom stereocenters. The fraction of sp³-hybridized carbons (Fsp3) is 0.467. The summed E-state index contributed by atoms with van der Waals surface area (Å²) in [4.78, 5) is 26.5. The molecule has 0 saturated carbocycles. The van der Waals surface area contributed by atoms with Crippen LogP contribution in [0.15, 0.2) is 24.3 Å². The number of rotatable bonds is 5. The standard InChI is InChI=1S/C15H21N3O3/c1-3-21-12-6-4-11(5-7-12)13(16)8-18-10-14(19)17(2)9-15(18)20/h4-7,13H,3,8-10,16H2,1-2H3. The predicted octanol–water partition coefficient (Wildman–Crippen LogP) is 0.386. The Bertz CT molecular complexity index is 515. The van der Waals surface area contributed by atoms with Crippen LogP contribution in [0.3, 0.4) is 0 Å². The average molecular weight is 291 g/mol. The fourth-order valence-electron chi connectivity index (χ4n) is 2.25. The second-order valence-electron chi connectivity index (χ2n) is 5.13. The molecule has 1 unspecified atom stereocenters. The number of nitrogens with two attached hydrogens (primary N) is 1. The lowest BCUT2D eigenvalue weighted by Gasteiger charge is -2.33. The van der Waals surface area contributed by atoms with E-state index >= 15 is 0 Å². The zero-order valence-electron chi connectivity index (χ0n) is 12.4. The number of hydrogen-bond acceptors (Lipinski definition) is 4. The van der Waals surface area contributed by atoms with Gasteiger partial charge in [-0.05, 0) is 24.6 Å². The molecule has 1 aromatic carbocycles. The van der Waals surface area contributed by atoms with Gasteiger partial charge in [0, 0.05) is 19.6 Å². The van der Waals surface area contributed by atoms with Crippen molar-refractivity contribution >= 4 is 11.8 Å². The quantitative estimate of drug-likeness (QED) is 0.851. The van der Waals surface area contributed by atoms with Crippen LogP contribution in [0.25, 0.3) is 0 Å². The molecule has 0 radical (unpaired) electrons. The summed E-state index contributed by atoms with van der Waals surface area (Å²) >= 11 is 0. The molecule has 6 nitrogen and oxygen atoms in total. The molecule has 6 heteroatoms. The molecule has 0 aliphatic carbocycles. The molecule has 2 N–H and O–H groups in total. The van der Waals surface area contributed by atoms with E-state index in [1.165, 1.54) is 9.80 Å². The number of likely N-dealkylation sites (N-methyl/N-ethyl adjacent to an activating group) is 1. The minimum Gasteiger partial charge on any atom is -0.494 e. The van der Waals surface area contributed by atoms with E-state index in [4.69, 9.17) is 10.5 Å². The Hall–Kier alpha value is -2.08. The van der Waals surface area contributed by atoms with Crippen molar-refractivity contribution in [1.82, 2.24) is 9.80 Å². The Balaban J connectivity index is 1.98. The third-order valence-electron chi connectivity index (χ3n) is 3.51. The van der Waals surface area contributed by atoms with Gasteiger partial charge in [-0.3, -0.25) is 9.59 Å². The first-order valence-corrected chi connectivity index (χ1v) is 7.01. The van der Waals surface area contributed by atoms with E-state index in [2.05, 4.69) is 0 Å². The lowest BCUT2D eigenvalue weighted by molar-refractivity contribution is -0.148.